The van der Waals surface area contributed by atoms with Crippen molar-refractivity contribution in [2.75, 3.05) is 35.3 Å². The van der Waals surface area contributed by atoms with Crippen LogP contribution in [0.4, 0.5) is 0 Å². The van der Waals surface area contributed by atoms with Gasteiger partial charge >= 0.3 is 224 Å². The van der Waals surface area contributed by atoms with Crippen molar-refractivity contribution >= 4 is 25.6 Å². The van der Waals surface area contributed by atoms with Crippen LogP contribution in [0.3, 0.4) is 0 Å². The summed E-state index contributed by atoms with van der Waals surface area (Å²) in [6, 6.07) is 0. The van der Waals surface area contributed by atoms with Crippen molar-refractivity contribution < 1.29 is 86.0 Å². The van der Waals surface area contributed by atoms with Gasteiger partial charge in [-0.2, -0.15) is 0 Å². The van der Waals surface area contributed by atoms with Gasteiger partial charge < -0.3 is 0 Å². The van der Waals surface area contributed by atoms with Gasteiger partial charge in [-0.05, 0) is 6.92 Å². The fraction of sp³-hybridized carbons (Fsp3) is 0.571. The first-order valence-corrected chi connectivity index (χ1v) is 19.8. The molecule has 1 aliphatic heterocycles. The van der Waals surface area contributed by atoms with E-state index in [4.69, 9.17) is 4.74 Å². The Kier molecular flexibility index (Phi) is 14.6. The number of alkyl halides is 2. The second-order valence-corrected chi connectivity index (χ2v) is 19.5. The SMILES string of the molecule is C=C/C(=C\C=C/C)SC1CCC(S(=O)(=O)N(CC[I-]N2CCOC[I-]2)CC(=O)[I-]O)=C(C)C1. The van der Waals surface area contributed by atoms with E-state index >= 15 is 0 Å². The molecule has 0 aromatic heterocycles. The third-order valence-corrected chi connectivity index (χ3v) is 16.9. The molecule has 1 N–H and O–H groups in total. The summed E-state index contributed by atoms with van der Waals surface area (Å²) in [7, 11) is -3.73. The number of sulfonamides is 1. The van der Waals surface area contributed by atoms with Gasteiger partial charge in [0.25, 0.3) is 0 Å². The third kappa shape index (κ3) is 10.1. The number of allylic oxidation sites excluding steroid dienone is 6. The van der Waals surface area contributed by atoms with E-state index in [1.54, 1.807) is 11.8 Å². The molecule has 33 heavy (non-hydrogen) atoms. The number of halogens is 3. The standard InChI is InChI=1S/C21H32I3N2O5S2/c1-4-6-7-18(5-2)32-19-8-9-20(17(3)14-19)33(29,30)25(15-21(27)24-28)11-10-22-26-12-13-31-16-23-26/h4-7,19,28H,2,8-16H2,1,3H3/q-3/b6-4-,18-7+. The molecule has 1 saturated heterocycles. The predicted molar refractivity (Wildman–Crippen MR) is 121 cm³/mol. The minimum atomic E-state index is -3.73. The summed E-state index contributed by atoms with van der Waals surface area (Å²) in [4.78, 5) is 13.6. The molecule has 1 heterocycles. The van der Waals surface area contributed by atoms with Crippen LogP contribution in [-0.2, 0) is 19.6 Å². The molecule has 0 radical (unpaired) electrons. The molecule has 0 amide bonds. The first-order chi connectivity index (χ1) is 15.8. The van der Waals surface area contributed by atoms with Gasteiger partial charge in [0, 0.05) is 0 Å². The van der Waals surface area contributed by atoms with Gasteiger partial charge in [-0.3, -0.25) is 0 Å². The average molecular weight is 837 g/mol. The number of nitrogens with zero attached hydrogens (tertiary/aromatic N) is 2. The summed E-state index contributed by atoms with van der Waals surface area (Å²) in [6.07, 6.45) is 9.73. The van der Waals surface area contributed by atoms with Crippen LogP contribution in [0.5, 0.6) is 0 Å². The Balaban J connectivity index is 2.10. The second-order valence-electron chi connectivity index (χ2n) is 7.24. The molecule has 0 spiro atoms. The van der Waals surface area contributed by atoms with Crippen LogP contribution in [-0.4, -0.2) is 61.8 Å². The van der Waals surface area contributed by atoms with E-state index in [-0.39, 0.29) is 53.3 Å². The maximum atomic E-state index is 13.5. The average Bonchev–Trinajstić information content (AvgIpc) is 2.81. The van der Waals surface area contributed by atoms with Crippen molar-refractivity contribution in [2.24, 2.45) is 0 Å². The minimum absolute atomic E-state index is 0.109. The van der Waals surface area contributed by atoms with Gasteiger partial charge in [0.05, 0.1) is 0 Å². The van der Waals surface area contributed by atoms with Crippen molar-refractivity contribution in [1.29, 1.82) is 0 Å². The molecule has 0 aromatic carbocycles. The number of hydrogen-bond donors (Lipinski definition) is 1. The Morgan fingerprint density at radius 1 is 1.48 bits per heavy atom. The first kappa shape index (κ1) is 30.2. The molecular formula is C21H32I3N2O5S2-3. The van der Waals surface area contributed by atoms with Crippen molar-refractivity contribution in [3.63, 3.8) is 0 Å². The topological polar surface area (TPSA) is 87.2 Å². The van der Waals surface area contributed by atoms with E-state index < -0.39 is 31.6 Å². The van der Waals surface area contributed by atoms with Gasteiger partial charge in [-0.15, -0.1) is 0 Å². The summed E-state index contributed by atoms with van der Waals surface area (Å²) in [6.45, 7) is 9.55. The van der Waals surface area contributed by atoms with E-state index in [2.05, 4.69) is 7.91 Å². The van der Waals surface area contributed by atoms with E-state index in [0.29, 0.717) is 29.5 Å². The molecule has 7 nitrogen and oxygen atoms in total. The van der Waals surface area contributed by atoms with Crippen molar-refractivity contribution in [1.82, 2.24) is 5.63 Å². The Hall–Kier alpha value is 0.960. The molecule has 2 rings (SSSR count). The molecule has 0 bridgehead atoms. The number of ether oxygens (including phenoxy) is 1. The Labute approximate surface area is 234 Å². The fourth-order valence-electron chi connectivity index (χ4n) is 3.31. The number of carbonyl (C=O) groups excluding carboxylic acids is 1. The third-order valence-electron chi connectivity index (χ3n) is 4.91. The zero-order valence-electron chi connectivity index (χ0n) is 18.9. The van der Waals surface area contributed by atoms with Crippen LogP contribution in [0.15, 0.2) is 46.3 Å². The summed E-state index contributed by atoms with van der Waals surface area (Å²) >= 11 is -0.269. The van der Waals surface area contributed by atoms with Crippen LogP contribution in [0, 0.1) is 0 Å². The van der Waals surface area contributed by atoms with Crippen LogP contribution in [0.25, 0.3) is 0 Å². The molecule has 0 saturated carbocycles. The predicted octanol–water partition coefficient (Wildman–Crippen LogP) is -6.36. The zero-order chi connectivity index (χ0) is 24.3. The summed E-state index contributed by atoms with van der Waals surface area (Å²) in [5, 5.41) is 0.299. The van der Waals surface area contributed by atoms with Gasteiger partial charge in [-0.1, -0.05) is 6.08 Å². The van der Waals surface area contributed by atoms with Crippen molar-refractivity contribution in [3.05, 3.63) is 46.3 Å². The molecule has 0 aromatic rings. The van der Waals surface area contributed by atoms with Gasteiger partial charge in [0.15, 0.2) is 0 Å². The van der Waals surface area contributed by atoms with Crippen molar-refractivity contribution in [2.45, 2.75) is 38.4 Å². The maximum absolute atomic E-state index is 13.5. The Morgan fingerprint density at radius 3 is 2.88 bits per heavy atom. The molecule has 1 unspecified atom stereocenters. The van der Waals surface area contributed by atoms with Crippen molar-refractivity contribution in [3.8, 4) is 0 Å². The summed E-state index contributed by atoms with van der Waals surface area (Å²) in [5.41, 5.74) is 0.873. The van der Waals surface area contributed by atoms with E-state index in [9.17, 15) is 16.6 Å². The second kappa shape index (κ2) is 15.9. The number of thioether (sulfide) groups is 1. The first-order valence-electron chi connectivity index (χ1n) is 10.5. The van der Waals surface area contributed by atoms with Crippen LogP contribution >= 0.6 is 11.8 Å². The molecule has 1 aliphatic carbocycles. The molecular weight excluding hydrogens is 805 g/mol. The summed E-state index contributed by atoms with van der Waals surface area (Å²) in [5.74, 6) is 0. The Morgan fingerprint density at radius 2 is 2.27 bits per heavy atom. The monoisotopic (exact) mass is 837 g/mol. The van der Waals surface area contributed by atoms with Gasteiger partial charge in [0.2, 0.25) is 0 Å². The molecule has 192 valence electrons. The quantitative estimate of drug-likeness (QED) is 0.0651. The normalized spacial score (nSPS) is 21.7. The summed E-state index contributed by atoms with van der Waals surface area (Å²) < 4.78 is 46.9. The Bertz CT molecular complexity index is 871. The molecule has 1 fully saturated rings. The van der Waals surface area contributed by atoms with Crippen LogP contribution < -0.4 is 64.6 Å². The van der Waals surface area contributed by atoms with Gasteiger partial charge in [0.1, 0.15) is 0 Å². The molecule has 2 aliphatic rings. The zero-order valence-corrected chi connectivity index (χ0v) is 27.0. The van der Waals surface area contributed by atoms with Gasteiger partial charge in [-0.25, -0.2) is 0 Å². The number of hydrogen-bond acceptors (Lipinski definition) is 7. The van der Waals surface area contributed by atoms with E-state index in [0.717, 1.165) is 39.1 Å². The number of carbonyl (C=O) groups is 1. The molecule has 1 atom stereocenters. The van der Waals surface area contributed by atoms with Crippen LogP contribution in [0.2, 0.25) is 0 Å². The van der Waals surface area contributed by atoms with Crippen LogP contribution in [0.1, 0.15) is 33.1 Å². The number of rotatable bonds is 13. The van der Waals surface area contributed by atoms with E-state index in [1.165, 1.54) is 4.31 Å². The van der Waals surface area contributed by atoms with E-state index in [1.807, 2.05) is 38.2 Å². The fourth-order valence-corrected chi connectivity index (χ4v) is 14.0. The molecule has 12 heteroatoms.